The molecule has 0 aliphatic rings. The lowest BCUT2D eigenvalue weighted by molar-refractivity contribution is -0.0193. The molecule has 0 rings (SSSR count). The second kappa shape index (κ2) is 21.8. The van der Waals surface area contributed by atoms with Gasteiger partial charge in [0.05, 0.1) is 79.3 Å². The average molecular weight is 366 g/mol. The first-order valence-electron chi connectivity index (χ1n) is 9.22. The third-order valence-electron chi connectivity index (χ3n) is 3.13. The highest BCUT2D eigenvalue weighted by Crippen LogP contribution is 1.98. The molecule has 0 radical (unpaired) electrons. The molecule has 25 heavy (non-hydrogen) atoms. The van der Waals surface area contributed by atoms with Gasteiger partial charge in [-0.1, -0.05) is 13.8 Å². The standard InChI is InChI=1S/C18H38O7/c1-18(2)4-5-20-8-9-22-12-13-24-16-17-25-15-14-23-11-10-21-7-6-19-3/h18H,4-17H2,1-3H3. The van der Waals surface area contributed by atoms with Crippen LogP contribution < -0.4 is 0 Å². The molecule has 0 amide bonds. The van der Waals surface area contributed by atoms with E-state index in [4.69, 9.17) is 33.2 Å². The van der Waals surface area contributed by atoms with Gasteiger partial charge < -0.3 is 33.2 Å². The van der Waals surface area contributed by atoms with Crippen LogP contribution in [0, 0.1) is 5.92 Å². The van der Waals surface area contributed by atoms with Gasteiger partial charge in [-0.2, -0.15) is 0 Å². The van der Waals surface area contributed by atoms with Gasteiger partial charge in [0.1, 0.15) is 0 Å². The summed E-state index contributed by atoms with van der Waals surface area (Å²) in [6, 6.07) is 0. The number of hydrogen-bond acceptors (Lipinski definition) is 7. The minimum Gasteiger partial charge on any atom is -0.382 e. The van der Waals surface area contributed by atoms with Crippen LogP contribution in [0.3, 0.4) is 0 Å². The van der Waals surface area contributed by atoms with E-state index in [1.54, 1.807) is 7.11 Å². The van der Waals surface area contributed by atoms with Crippen molar-refractivity contribution in [1.82, 2.24) is 0 Å². The SMILES string of the molecule is COCCOCCOCCOCCOCCOCCOCCC(C)C. The van der Waals surface area contributed by atoms with Crippen LogP contribution in [-0.2, 0) is 33.2 Å². The number of ether oxygens (including phenoxy) is 7. The van der Waals surface area contributed by atoms with Gasteiger partial charge in [0, 0.05) is 13.7 Å². The van der Waals surface area contributed by atoms with E-state index in [-0.39, 0.29) is 0 Å². The fourth-order valence-corrected chi connectivity index (χ4v) is 1.66. The van der Waals surface area contributed by atoms with E-state index < -0.39 is 0 Å². The van der Waals surface area contributed by atoms with E-state index in [1.807, 2.05) is 0 Å². The van der Waals surface area contributed by atoms with Gasteiger partial charge in [0.2, 0.25) is 0 Å². The topological polar surface area (TPSA) is 64.6 Å². The molecule has 0 aliphatic carbocycles. The molecule has 0 atom stereocenters. The second-order valence-corrected chi connectivity index (χ2v) is 5.85. The van der Waals surface area contributed by atoms with Crippen molar-refractivity contribution in [2.75, 3.05) is 93.0 Å². The van der Waals surface area contributed by atoms with Gasteiger partial charge >= 0.3 is 0 Å². The van der Waals surface area contributed by atoms with Crippen LogP contribution in [0.25, 0.3) is 0 Å². The molecule has 0 aliphatic heterocycles. The Morgan fingerprint density at radius 3 is 1.00 bits per heavy atom. The molecule has 0 N–H and O–H groups in total. The lowest BCUT2D eigenvalue weighted by Gasteiger charge is -2.08. The molecule has 152 valence electrons. The number of hydrogen-bond donors (Lipinski definition) is 0. The minimum absolute atomic E-state index is 0.561. The summed E-state index contributed by atoms with van der Waals surface area (Å²) in [5.41, 5.74) is 0. The molecule has 0 unspecified atom stereocenters. The predicted molar refractivity (Wildman–Crippen MR) is 96.2 cm³/mol. The molecule has 0 saturated heterocycles. The van der Waals surface area contributed by atoms with Crippen molar-refractivity contribution in [1.29, 1.82) is 0 Å². The molecule has 0 heterocycles. The molecule has 0 aromatic rings. The van der Waals surface area contributed by atoms with E-state index in [2.05, 4.69) is 13.8 Å². The zero-order valence-electron chi connectivity index (χ0n) is 16.3. The second-order valence-electron chi connectivity index (χ2n) is 5.85. The average Bonchev–Trinajstić information content (AvgIpc) is 2.60. The summed E-state index contributed by atoms with van der Waals surface area (Å²) < 4.78 is 37.2. The van der Waals surface area contributed by atoms with Crippen LogP contribution in [0.1, 0.15) is 20.3 Å². The molecule has 7 heteroatoms. The first kappa shape index (κ1) is 24.7. The zero-order chi connectivity index (χ0) is 18.4. The third-order valence-corrected chi connectivity index (χ3v) is 3.13. The Balaban J connectivity index is 2.96. The van der Waals surface area contributed by atoms with E-state index in [0.717, 1.165) is 13.0 Å². The van der Waals surface area contributed by atoms with Crippen molar-refractivity contribution in [2.24, 2.45) is 5.92 Å². The van der Waals surface area contributed by atoms with Crippen LogP contribution in [0.4, 0.5) is 0 Å². The summed E-state index contributed by atoms with van der Waals surface area (Å²) in [6.45, 7) is 12.2. The zero-order valence-corrected chi connectivity index (χ0v) is 16.3. The van der Waals surface area contributed by atoms with Gasteiger partial charge in [-0.15, -0.1) is 0 Å². The quantitative estimate of drug-likeness (QED) is 0.287. The van der Waals surface area contributed by atoms with E-state index in [9.17, 15) is 0 Å². The molecule has 0 fully saturated rings. The molecule has 0 spiro atoms. The van der Waals surface area contributed by atoms with Crippen LogP contribution in [-0.4, -0.2) is 93.0 Å². The summed E-state index contributed by atoms with van der Waals surface area (Å²) in [6.07, 6.45) is 1.09. The van der Waals surface area contributed by atoms with Gasteiger partial charge in [-0.05, 0) is 12.3 Å². The molecular weight excluding hydrogens is 328 g/mol. The summed E-state index contributed by atoms with van der Waals surface area (Å²) in [4.78, 5) is 0. The lowest BCUT2D eigenvalue weighted by Crippen LogP contribution is -2.14. The number of rotatable bonds is 21. The Bertz CT molecular complexity index is 239. The van der Waals surface area contributed by atoms with Gasteiger partial charge in [-0.3, -0.25) is 0 Å². The highest BCUT2D eigenvalue weighted by molar-refractivity contribution is 4.42. The summed E-state index contributed by atoms with van der Waals surface area (Å²) in [7, 11) is 1.65. The summed E-state index contributed by atoms with van der Waals surface area (Å²) in [5.74, 6) is 0.684. The van der Waals surface area contributed by atoms with Crippen molar-refractivity contribution < 1.29 is 33.2 Å². The predicted octanol–water partition coefficient (Wildman–Crippen LogP) is 1.78. The molecule has 0 aromatic heterocycles. The summed E-state index contributed by atoms with van der Waals surface area (Å²) in [5, 5.41) is 0. The Morgan fingerprint density at radius 2 is 0.720 bits per heavy atom. The van der Waals surface area contributed by atoms with Crippen molar-refractivity contribution >= 4 is 0 Å². The third kappa shape index (κ3) is 23.7. The highest BCUT2D eigenvalue weighted by atomic mass is 16.6. The smallest absolute Gasteiger partial charge is 0.0701 e. The first-order valence-corrected chi connectivity index (χ1v) is 9.22. The van der Waals surface area contributed by atoms with Crippen molar-refractivity contribution in [3.05, 3.63) is 0 Å². The highest BCUT2D eigenvalue weighted by Gasteiger charge is 1.95. The first-order chi connectivity index (χ1) is 12.3. The largest absolute Gasteiger partial charge is 0.382 e. The van der Waals surface area contributed by atoms with E-state index in [0.29, 0.717) is 85.2 Å². The Labute approximate surface area is 153 Å². The van der Waals surface area contributed by atoms with Crippen LogP contribution in [0.5, 0.6) is 0 Å². The number of methoxy groups -OCH3 is 1. The normalized spacial score (nSPS) is 11.5. The maximum Gasteiger partial charge on any atom is 0.0701 e. The minimum atomic E-state index is 0.561. The molecular formula is C18H38O7. The van der Waals surface area contributed by atoms with Gasteiger partial charge in [0.15, 0.2) is 0 Å². The molecule has 0 aromatic carbocycles. The molecule has 0 bridgehead atoms. The van der Waals surface area contributed by atoms with Gasteiger partial charge in [-0.25, -0.2) is 0 Å². The summed E-state index contributed by atoms with van der Waals surface area (Å²) >= 11 is 0. The monoisotopic (exact) mass is 366 g/mol. The molecule has 7 nitrogen and oxygen atoms in total. The maximum absolute atomic E-state index is 5.46. The lowest BCUT2D eigenvalue weighted by atomic mass is 10.1. The van der Waals surface area contributed by atoms with Crippen molar-refractivity contribution in [3.63, 3.8) is 0 Å². The van der Waals surface area contributed by atoms with Gasteiger partial charge in [0.25, 0.3) is 0 Å². The Kier molecular flexibility index (Phi) is 21.5. The van der Waals surface area contributed by atoms with E-state index in [1.165, 1.54) is 0 Å². The van der Waals surface area contributed by atoms with Crippen molar-refractivity contribution in [2.45, 2.75) is 20.3 Å². The maximum atomic E-state index is 5.46. The fraction of sp³-hybridized carbons (Fsp3) is 1.00. The Hall–Kier alpha value is -0.280. The van der Waals surface area contributed by atoms with Crippen LogP contribution in [0.2, 0.25) is 0 Å². The molecule has 0 saturated carbocycles. The fourth-order valence-electron chi connectivity index (χ4n) is 1.66. The van der Waals surface area contributed by atoms with E-state index >= 15 is 0 Å². The van der Waals surface area contributed by atoms with Crippen molar-refractivity contribution in [3.8, 4) is 0 Å². The Morgan fingerprint density at radius 1 is 0.440 bits per heavy atom. The van der Waals surface area contributed by atoms with Crippen LogP contribution >= 0.6 is 0 Å². The van der Waals surface area contributed by atoms with Crippen LogP contribution in [0.15, 0.2) is 0 Å².